The molecular formula is C33H39ClN4O4. The smallest absolute Gasteiger partial charge is 0.218 e. The van der Waals surface area contributed by atoms with E-state index in [0.29, 0.717) is 42.8 Å². The zero-order valence-electron chi connectivity index (χ0n) is 24.7. The summed E-state index contributed by atoms with van der Waals surface area (Å²) in [6.45, 7) is 7.62. The largest absolute Gasteiger partial charge is 0.496 e. The van der Waals surface area contributed by atoms with Crippen LogP contribution < -0.4 is 20.1 Å². The van der Waals surface area contributed by atoms with E-state index in [1.165, 1.54) is 0 Å². The quantitative estimate of drug-likeness (QED) is 0.164. The molecule has 4 N–H and O–H groups in total. The third-order valence-electron chi connectivity index (χ3n) is 6.97. The number of hydrogen-bond donors (Lipinski definition) is 4. The third-order valence-corrected chi connectivity index (χ3v) is 7.38. The first-order chi connectivity index (χ1) is 20.2. The van der Waals surface area contributed by atoms with Gasteiger partial charge in [-0.1, -0.05) is 48.0 Å². The average Bonchev–Trinajstić information content (AvgIpc) is 2.97. The Hall–Kier alpha value is -3.53. The number of aromatic nitrogens is 2. The first kappa shape index (κ1) is 31.4. The lowest BCUT2D eigenvalue weighted by Gasteiger charge is -2.16. The summed E-state index contributed by atoms with van der Waals surface area (Å²) in [5, 5.41) is 26.1. The molecule has 4 aromatic rings. The highest BCUT2D eigenvalue weighted by Gasteiger charge is 2.17. The lowest BCUT2D eigenvalue weighted by molar-refractivity contribution is 0.190. The summed E-state index contributed by atoms with van der Waals surface area (Å²) >= 11 is 7.05. The molecule has 42 heavy (non-hydrogen) atoms. The Labute approximate surface area is 252 Å². The predicted molar refractivity (Wildman–Crippen MR) is 168 cm³/mol. The number of aliphatic hydroxyl groups excluding tert-OH is 2. The zero-order chi connectivity index (χ0) is 30.2. The molecule has 9 heteroatoms. The van der Waals surface area contributed by atoms with Gasteiger partial charge in [-0.25, -0.2) is 4.98 Å². The highest BCUT2D eigenvalue weighted by atomic mass is 35.5. The van der Waals surface area contributed by atoms with Gasteiger partial charge in [0, 0.05) is 60.2 Å². The molecule has 8 nitrogen and oxygen atoms in total. The van der Waals surface area contributed by atoms with Gasteiger partial charge in [0.15, 0.2) is 0 Å². The molecule has 0 aliphatic rings. The molecule has 0 unspecified atom stereocenters. The number of nitrogens with zero attached hydrogens (tertiary/aromatic N) is 2. The van der Waals surface area contributed by atoms with Crippen LogP contribution in [0.1, 0.15) is 30.5 Å². The van der Waals surface area contributed by atoms with E-state index >= 15 is 0 Å². The number of pyridine rings is 2. The summed E-state index contributed by atoms with van der Waals surface area (Å²) in [4.78, 5) is 9.45. The number of rotatable bonds is 13. The van der Waals surface area contributed by atoms with Crippen molar-refractivity contribution in [1.82, 2.24) is 20.6 Å². The second-order valence-electron chi connectivity index (χ2n) is 10.4. The summed E-state index contributed by atoms with van der Waals surface area (Å²) in [6, 6.07) is 17.8. The maximum atomic E-state index is 9.55. The monoisotopic (exact) mass is 590 g/mol. The van der Waals surface area contributed by atoms with E-state index in [-0.39, 0.29) is 0 Å². The fourth-order valence-electron chi connectivity index (χ4n) is 4.86. The van der Waals surface area contributed by atoms with Crippen LogP contribution in [-0.2, 0) is 13.1 Å². The predicted octanol–water partition coefficient (Wildman–Crippen LogP) is 5.40. The summed E-state index contributed by atoms with van der Waals surface area (Å²) in [5.41, 5.74) is 8.00. The van der Waals surface area contributed by atoms with Crippen molar-refractivity contribution in [1.29, 1.82) is 0 Å². The second-order valence-corrected chi connectivity index (χ2v) is 10.7. The molecule has 0 aliphatic heterocycles. The number of aliphatic hydroxyl groups is 2. The number of nitrogens with one attached hydrogen (secondary N) is 2. The van der Waals surface area contributed by atoms with Crippen LogP contribution in [0.15, 0.2) is 60.8 Å². The summed E-state index contributed by atoms with van der Waals surface area (Å²) in [6.07, 6.45) is 0.935. The summed E-state index contributed by atoms with van der Waals surface area (Å²) in [7, 11) is 3.25. The highest BCUT2D eigenvalue weighted by molar-refractivity contribution is 6.36. The van der Waals surface area contributed by atoms with Crippen molar-refractivity contribution in [2.45, 2.75) is 46.1 Å². The molecule has 0 saturated heterocycles. The van der Waals surface area contributed by atoms with Crippen molar-refractivity contribution in [3.63, 3.8) is 0 Å². The van der Waals surface area contributed by atoms with E-state index in [1.807, 2.05) is 61.5 Å². The Morgan fingerprint density at radius 2 is 1.50 bits per heavy atom. The molecule has 0 saturated carbocycles. The molecule has 0 spiro atoms. The molecule has 2 aromatic carbocycles. The van der Waals surface area contributed by atoms with E-state index in [2.05, 4.69) is 10.6 Å². The zero-order valence-corrected chi connectivity index (χ0v) is 25.5. The van der Waals surface area contributed by atoms with Crippen molar-refractivity contribution in [2.24, 2.45) is 0 Å². The highest BCUT2D eigenvalue weighted by Crippen LogP contribution is 2.40. The van der Waals surface area contributed by atoms with E-state index < -0.39 is 12.2 Å². The molecule has 0 amide bonds. The van der Waals surface area contributed by atoms with Gasteiger partial charge < -0.3 is 30.3 Å². The van der Waals surface area contributed by atoms with Gasteiger partial charge in [0.1, 0.15) is 5.75 Å². The molecule has 0 aliphatic carbocycles. The topological polar surface area (TPSA) is 109 Å². The van der Waals surface area contributed by atoms with Gasteiger partial charge in [-0.15, -0.1) is 0 Å². The van der Waals surface area contributed by atoms with Gasteiger partial charge in [0.05, 0.1) is 42.8 Å². The molecule has 0 radical (unpaired) electrons. The molecule has 2 heterocycles. The van der Waals surface area contributed by atoms with Crippen molar-refractivity contribution in [3.05, 3.63) is 82.5 Å². The third kappa shape index (κ3) is 7.45. The lowest BCUT2D eigenvalue weighted by Crippen LogP contribution is -2.24. The van der Waals surface area contributed by atoms with Crippen molar-refractivity contribution < 1.29 is 19.7 Å². The van der Waals surface area contributed by atoms with Gasteiger partial charge in [-0.2, -0.15) is 0 Å². The van der Waals surface area contributed by atoms with E-state index in [1.54, 1.807) is 34.3 Å². The Morgan fingerprint density at radius 1 is 0.833 bits per heavy atom. The van der Waals surface area contributed by atoms with Gasteiger partial charge in [0.25, 0.3) is 0 Å². The number of methoxy groups -OCH3 is 2. The van der Waals surface area contributed by atoms with Gasteiger partial charge >= 0.3 is 0 Å². The fourth-order valence-corrected chi connectivity index (χ4v) is 5.18. The fraction of sp³-hybridized carbons (Fsp3) is 0.333. The molecule has 0 bridgehead atoms. The number of hydrogen-bond acceptors (Lipinski definition) is 8. The van der Waals surface area contributed by atoms with Crippen molar-refractivity contribution in [3.8, 4) is 45.3 Å². The molecular weight excluding hydrogens is 552 g/mol. The van der Waals surface area contributed by atoms with Crippen LogP contribution in [0.2, 0.25) is 5.02 Å². The maximum Gasteiger partial charge on any atom is 0.218 e. The van der Waals surface area contributed by atoms with Gasteiger partial charge in [-0.3, -0.25) is 4.98 Å². The van der Waals surface area contributed by atoms with Crippen LogP contribution >= 0.6 is 11.6 Å². The number of ether oxygens (including phenoxy) is 2. The van der Waals surface area contributed by atoms with Crippen LogP contribution in [0.4, 0.5) is 0 Å². The molecule has 4 rings (SSSR count). The Morgan fingerprint density at radius 3 is 2.17 bits per heavy atom. The first-order valence-electron chi connectivity index (χ1n) is 14.0. The Balaban J connectivity index is 1.66. The Kier molecular flexibility index (Phi) is 10.9. The minimum absolute atomic E-state index is 0.420. The van der Waals surface area contributed by atoms with E-state index in [0.717, 1.165) is 50.4 Å². The van der Waals surface area contributed by atoms with Crippen LogP contribution in [0.5, 0.6) is 11.6 Å². The number of benzene rings is 2. The standard InChI is InChI=1S/C33H39ClN4O4/c1-20(39)16-35-18-24-10-9-23(15-30(24)41-4)32-22(3)26(13-14-37-32)27-7-6-8-28(31(27)34)29-12-11-25(33(38-29)42-5)19-36-17-21(2)40/h6-15,20-21,35-36,39-40H,16-19H2,1-5H3/t20-,21+/m1/s1. The molecule has 0 fully saturated rings. The van der Waals surface area contributed by atoms with Crippen molar-refractivity contribution >= 4 is 11.6 Å². The molecule has 2 aromatic heterocycles. The van der Waals surface area contributed by atoms with Crippen LogP contribution in [0, 0.1) is 6.92 Å². The van der Waals surface area contributed by atoms with Crippen molar-refractivity contribution in [2.75, 3.05) is 27.3 Å². The Bertz CT molecular complexity index is 1400. The van der Waals surface area contributed by atoms with E-state index in [9.17, 15) is 10.2 Å². The minimum Gasteiger partial charge on any atom is -0.496 e. The van der Waals surface area contributed by atoms with Crippen LogP contribution in [0.3, 0.4) is 0 Å². The average molecular weight is 591 g/mol. The lowest BCUT2D eigenvalue weighted by atomic mass is 9.94. The molecule has 222 valence electrons. The summed E-state index contributed by atoms with van der Waals surface area (Å²) < 4.78 is 11.3. The normalized spacial score (nSPS) is 12.7. The molecule has 2 atom stereocenters. The second kappa shape index (κ2) is 14.6. The van der Waals surface area contributed by atoms with E-state index in [4.69, 9.17) is 31.0 Å². The van der Waals surface area contributed by atoms with Gasteiger partial charge in [0.2, 0.25) is 5.88 Å². The minimum atomic E-state index is -0.438. The number of halogens is 1. The summed E-state index contributed by atoms with van der Waals surface area (Å²) in [5.74, 6) is 1.26. The SMILES string of the molecule is COc1cc(-c2nccc(-c3cccc(-c4ccc(CNC[C@H](C)O)c(OC)n4)c3Cl)c2C)ccc1CNC[C@@H](C)O. The maximum absolute atomic E-state index is 9.55. The van der Waals surface area contributed by atoms with Crippen LogP contribution in [0.25, 0.3) is 33.6 Å². The van der Waals surface area contributed by atoms with Crippen LogP contribution in [-0.4, -0.2) is 59.7 Å². The van der Waals surface area contributed by atoms with Gasteiger partial charge in [-0.05, 0) is 50.1 Å². The first-order valence-corrected chi connectivity index (χ1v) is 14.3.